The minimum atomic E-state index is -0.446. The van der Waals surface area contributed by atoms with E-state index in [1.54, 1.807) is 25.3 Å². The van der Waals surface area contributed by atoms with E-state index in [9.17, 15) is 14.9 Å². The molecule has 1 amide bonds. The van der Waals surface area contributed by atoms with Crippen LogP contribution in [0.15, 0.2) is 70.2 Å². The molecule has 1 aromatic heterocycles. The fraction of sp³-hybridized carbons (Fsp3) is 0.182. The number of nitrogens with zero attached hydrogens (tertiary/aromatic N) is 3. The van der Waals surface area contributed by atoms with Crippen molar-refractivity contribution in [3.8, 4) is 17.1 Å². The van der Waals surface area contributed by atoms with Crippen LogP contribution < -0.4 is 4.74 Å². The maximum Gasteiger partial charge on any atom is 0.269 e. The molecule has 1 aliphatic heterocycles. The number of nitro groups is 1. The number of hydrogen-bond acceptors (Lipinski definition) is 6. The fourth-order valence-electron chi connectivity index (χ4n) is 3.41. The number of amides is 1. The van der Waals surface area contributed by atoms with Crippen molar-refractivity contribution in [1.29, 1.82) is 0 Å². The Kier molecular flexibility index (Phi) is 5.05. The Morgan fingerprint density at radius 2 is 1.77 bits per heavy atom. The topological polar surface area (TPSA) is 98.2 Å². The van der Waals surface area contributed by atoms with Crippen molar-refractivity contribution in [3.05, 3.63) is 82.1 Å². The van der Waals surface area contributed by atoms with Crippen LogP contribution in [0, 0.1) is 10.1 Å². The van der Waals surface area contributed by atoms with E-state index in [0.29, 0.717) is 17.9 Å². The number of hydrazone groups is 1. The molecule has 0 aliphatic carbocycles. The minimum Gasteiger partial charge on any atom is -0.497 e. The summed E-state index contributed by atoms with van der Waals surface area (Å²) >= 11 is 0. The van der Waals surface area contributed by atoms with Crippen molar-refractivity contribution in [3.63, 3.8) is 0 Å². The van der Waals surface area contributed by atoms with Crippen LogP contribution in [0.5, 0.6) is 5.75 Å². The lowest BCUT2D eigenvalue weighted by atomic mass is 10.0. The quantitative estimate of drug-likeness (QED) is 0.458. The van der Waals surface area contributed by atoms with Gasteiger partial charge in [0.15, 0.2) is 0 Å². The first-order valence-electron chi connectivity index (χ1n) is 9.32. The van der Waals surface area contributed by atoms with Crippen LogP contribution >= 0.6 is 0 Å². The molecule has 0 saturated heterocycles. The summed E-state index contributed by atoms with van der Waals surface area (Å²) in [6.45, 7) is 1.47. The first kappa shape index (κ1) is 19.4. The van der Waals surface area contributed by atoms with Gasteiger partial charge in [0.2, 0.25) is 5.91 Å². The molecular formula is C22H19N3O5. The molecule has 4 rings (SSSR count). The van der Waals surface area contributed by atoms with Gasteiger partial charge in [0.25, 0.3) is 5.69 Å². The van der Waals surface area contributed by atoms with Crippen molar-refractivity contribution >= 4 is 17.3 Å². The second kappa shape index (κ2) is 7.82. The SMILES string of the molecule is COc1ccc(C2=NN(C(C)=O)C(c3ccc(-c4ccc([N+](=O)[O-])cc4)o3)C2)cc1. The molecule has 30 heavy (non-hydrogen) atoms. The Morgan fingerprint density at radius 3 is 2.37 bits per heavy atom. The molecule has 1 unspecified atom stereocenters. The van der Waals surface area contributed by atoms with E-state index in [4.69, 9.17) is 9.15 Å². The smallest absolute Gasteiger partial charge is 0.269 e. The molecule has 152 valence electrons. The predicted molar refractivity (Wildman–Crippen MR) is 110 cm³/mol. The van der Waals surface area contributed by atoms with Gasteiger partial charge in [-0.05, 0) is 54.1 Å². The highest BCUT2D eigenvalue weighted by Crippen LogP contribution is 2.36. The maximum absolute atomic E-state index is 12.2. The van der Waals surface area contributed by atoms with Crippen LogP contribution in [0.25, 0.3) is 11.3 Å². The normalized spacial score (nSPS) is 15.7. The number of benzene rings is 2. The van der Waals surface area contributed by atoms with Crippen molar-refractivity contribution in [2.24, 2.45) is 5.10 Å². The van der Waals surface area contributed by atoms with Gasteiger partial charge in [-0.2, -0.15) is 5.10 Å². The van der Waals surface area contributed by atoms with Gasteiger partial charge in [0, 0.05) is 31.0 Å². The number of methoxy groups -OCH3 is 1. The van der Waals surface area contributed by atoms with Gasteiger partial charge in [0.05, 0.1) is 17.7 Å². The average molecular weight is 405 g/mol. The third-order valence-corrected chi connectivity index (χ3v) is 4.97. The minimum absolute atomic E-state index is 0.0154. The predicted octanol–water partition coefficient (Wildman–Crippen LogP) is 4.56. The van der Waals surface area contributed by atoms with Crippen LogP contribution in [-0.2, 0) is 4.79 Å². The third kappa shape index (κ3) is 3.67. The zero-order chi connectivity index (χ0) is 21.3. The number of hydrogen-bond donors (Lipinski definition) is 0. The Morgan fingerprint density at radius 1 is 1.10 bits per heavy atom. The zero-order valence-electron chi connectivity index (χ0n) is 16.4. The average Bonchev–Trinajstić information content (AvgIpc) is 3.41. The van der Waals surface area contributed by atoms with Gasteiger partial charge in [0.1, 0.15) is 23.3 Å². The van der Waals surface area contributed by atoms with Gasteiger partial charge < -0.3 is 9.15 Å². The monoisotopic (exact) mass is 405 g/mol. The van der Waals surface area contributed by atoms with E-state index < -0.39 is 4.92 Å². The van der Waals surface area contributed by atoms with E-state index >= 15 is 0 Å². The first-order chi connectivity index (χ1) is 14.5. The Bertz CT molecular complexity index is 1120. The van der Waals surface area contributed by atoms with E-state index in [0.717, 1.165) is 22.6 Å². The largest absolute Gasteiger partial charge is 0.497 e. The van der Waals surface area contributed by atoms with Crippen molar-refractivity contribution < 1.29 is 18.9 Å². The molecule has 2 aromatic carbocycles. The summed E-state index contributed by atoms with van der Waals surface area (Å²) < 4.78 is 11.2. The summed E-state index contributed by atoms with van der Waals surface area (Å²) in [7, 11) is 1.61. The summed E-state index contributed by atoms with van der Waals surface area (Å²) in [6.07, 6.45) is 0.513. The maximum atomic E-state index is 12.2. The summed E-state index contributed by atoms with van der Waals surface area (Å²) in [6, 6.07) is 16.9. The van der Waals surface area contributed by atoms with E-state index in [1.165, 1.54) is 24.1 Å². The van der Waals surface area contributed by atoms with Gasteiger partial charge in [-0.1, -0.05) is 0 Å². The molecule has 1 aliphatic rings. The Hall–Kier alpha value is -3.94. The van der Waals surface area contributed by atoms with Crippen LogP contribution in [0.3, 0.4) is 0 Å². The summed E-state index contributed by atoms with van der Waals surface area (Å²) in [5, 5.41) is 16.8. The lowest BCUT2D eigenvalue weighted by Crippen LogP contribution is -2.23. The fourth-order valence-corrected chi connectivity index (χ4v) is 3.41. The molecule has 8 nitrogen and oxygen atoms in total. The molecule has 1 atom stereocenters. The highest BCUT2D eigenvalue weighted by atomic mass is 16.6. The summed E-state index contributed by atoms with van der Waals surface area (Å²) in [5.74, 6) is 1.74. The molecule has 0 saturated carbocycles. The summed E-state index contributed by atoms with van der Waals surface area (Å²) in [4.78, 5) is 22.6. The van der Waals surface area contributed by atoms with Crippen LogP contribution in [0.4, 0.5) is 5.69 Å². The van der Waals surface area contributed by atoms with Crippen molar-refractivity contribution in [2.45, 2.75) is 19.4 Å². The first-order valence-corrected chi connectivity index (χ1v) is 9.32. The number of rotatable bonds is 5. The third-order valence-electron chi connectivity index (χ3n) is 4.97. The summed E-state index contributed by atoms with van der Waals surface area (Å²) in [5.41, 5.74) is 2.43. The second-order valence-corrected chi connectivity index (χ2v) is 6.86. The highest BCUT2D eigenvalue weighted by molar-refractivity contribution is 6.03. The van der Waals surface area contributed by atoms with E-state index in [1.807, 2.05) is 30.3 Å². The molecule has 0 radical (unpaired) electrons. The molecule has 0 fully saturated rings. The number of non-ortho nitro benzene ring substituents is 1. The molecule has 0 N–H and O–H groups in total. The molecule has 0 bridgehead atoms. The Balaban J connectivity index is 1.59. The van der Waals surface area contributed by atoms with Gasteiger partial charge in [-0.3, -0.25) is 14.9 Å². The van der Waals surface area contributed by atoms with Crippen LogP contribution in [0.1, 0.15) is 30.7 Å². The number of nitro benzene ring substituents is 1. The molecule has 0 spiro atoms. The molecular weight excluding hydrogens is 386 g/mol. The van der Waals surface area contributed by atoms with E-state index in [-0.39, 0.29) is 17.6 Å². The molecule has 8 heteroatoms. The van der Waals surface area contributed by atoms with Crippen LogP contribution in [0.2, 0.25) is 0 Å². The van der Waals surface area contributed by atoms with Gasteiger partial charge in [-0.15, -0.1) is 0 Å². The second-order valence-electron chi connectivity index (χ2n) is 6.86. The molecule has 2 heterocycles. The highest BCUT2D eigenvalue weighted by Gasteiger charge is 2.33. The lowest BCUT2D eigenvalue weighted by molar-refractivity contribution is -0.384. The zero-order valence-corrected chi connectivity index (χ0v) is 16.4. The number of furan rings is 1. The Labute approximate surface area is 172 Å². The number of carbonyl (C=O) groups excluding carboxylic acids is 1. The van der Waals surface area contributed by atoms with Gasteiger partial charge >= 0.3 is 0 Å². The van der Waals surface area contributed by atoms with E-state index in [2.05, 4.69) is 5.10 Å². The number of ether oxygens (including phenoxy) is 1. The van der Waals surface area contributed by atoms with Crippen molar-refractivity contribution in [2.75, 3.05) is 7.11 Å². The van der Waals surface area contributed by atoms with Crippen molar-refractivity contribution in [1.82, 2.24) is 5.01 Å². The van der Waals surface area contributed by atoms with Crippen LogP contribution in [-0.4, -0.2) is 28.7 Å². The number of carbonyl (C=O) groups is 1. The molecule has 3 aromatic rings. The lowest BCUT2D eigenvalue weighted by Gasteiger charge is -2.17. The standard InChI is InChI=1S/C22H19N3O5/c1-14(26)24-20(13-19(23-24)15-5-9-18(29-2)10-6-15)22-12-11-21(30-22)16-3-7-17(8-4-16)25(27)28/h3-12,20H,13H2,1-2H3. The van der Waals surface area contributed by atoms with Gasteiger partial charge in [-0.25, -0.2) is 5.01 Å².